The van der Waals surface area contributed by atoms with Gasteiger partial charge in [-0.05, 0) is 38.2 Å². The van der Waals surface area contributed by atoms with Crippen molar-refractivity contribution in [3.63, 3.8) is 0 Å². The van der Waals surface area contributed by atoms with Gasteiger partial charge in [0.15, 0.2) is 0 Å². The number of nitrogens with zero attached hydrogens (tertiary/aromatic N) is 2. The monoisotopic (exact) mass is 265 g/mol. The highest BCUT2D eigenvalue weighted by atomic mass is 16.4. The largest absolute Gasteiger partial charge is 0.481 e. The van der Waals surface area contributed by atoms with Crippen LogP contribution in [0, 0.1) is 5.92 Å². The summed E-state index contributed by atoms with van der Waals surface area (Å²) in [5.74, 6) is -0.779. The standard InChI is InChI=1S/C14H23N3O2/c1-3-11-8-13(17(2)16-11)9-15-12-6-4-10(5-7-12)14(18)19/h8,10,12,15H,3-7,9H2,1-2H3,(H,18,19). The van der Waals surface area contributed by atoms with Gasteiger partial charge in [-0.15, -0.1) is 0 Å². The van der Waals surface area contributed by atoms with E-state index in [1.54, 1.807) is 0 Å². The second-order valence-electron chi connectivity index (χ2n) is 5.37. The van der Waals surface area contributed by atoms with Gasteiger partial charge in [0.05, 0.1) is 17.3 Å². The van der Waals surface area contributed by atoms with E-state index in [0.29, 0.717) is 6.04 Å². The van der Waals surface area contributed by atoms with E-state index in [1.807, 2.05) is 11.7 Å². The lowest BCUT2D eigenvalue weighted by atomic mass is 9.86. The predicted octanol–water partition coefficient (Wildman–Crippen LogP) is 1.72. The molecule has 0 radical (unpaired) electrons. The van der Waals surface area contributed by atoms with Crippen molar-refractivity contribution >= 4 is 5.97 Å². The highest BCUT2D eigenvalue weighted by Gasteiger charge is 2.25. The Balaban J connectivity index is 1.80. The summed E-state index contributed by atoms with van der Waals surface area (Å²) < 4.78 is 1.93. The fourth-order valence-corrected chi connectivity index (χ4v) is 2.70. The van der Waals surface area contributed by atoms with Crippen molar-refractivity contribution in [3.8, 4) is 0 Å². The van der Waals surface area contributed by atoms with Crippen LogP contribution >= 0.6 is 0 Å². The third-order valence-corrected chi connectivity index (χ3v) is 4.04. The van der Waals surface area contributed by atoms with E-state index < -0.39 is 5.97 Å². The molecule has 1 aromatic heterocycles. The minimum atomic E-state index is -0.641. The van der Waals surface area contributed by atoms with Gasteiger partial charge in [-0.1, -0.05) is 6.92 Å². The van der Waals surface area contributed by atoms with Gasteiger partial charge in [-0.2, -0.15) is 5.10 Å². The van der Waals surface area contributed by atoms with E-state index in [2.05, 4.69) is 23.4 Å². The number of carbonyl (C=O) groups is 1. The quantitative estimate of drug-likeness (QED) is 0.850. The molecule has 0 spiro atoms. The summed E-state index contributed by atoms with van der Waals surface area (Å²) in [4.78, 5) is 10.9. The van der Waals surface area contributed by atoms with E-state index in [9.17, 15) is 4.79 Å². The lowest BCUT2D eigenvalue weighted by Crippen LogP contribution is -2.34. The molecule has 1 heterocycles. The second kappa shape index (κ2) is 6.19. The number of aryl methyl sites for hydroxylation is 2. The van der Waals surface area contributed by atoms with Gasteiger partial charge in [0.2, 0.25) is 0 Å². The van der Waals surface area contributed by atoms with E-state index in [1.165, 1.54) is 5.69 Å². The molecule has 0 bridgehead atoms. The molecule has 5 nitrogen and oxygen atoms in total. The van der Waals surface area contributed by atoms with E-state index in [4.69, 9.17) is 5.11 Å². The SMILES string of the molecule is CCc1cc(CNC2CCC(C(=O)O)CC2)n(C)n1. The maximum absolute atomic E-state index is 10.9. The summed E-state index contributed by atoms with van der Waals surface area (Å²) in [6, 6.07) is 2.58. The van der Waals surface area contributed by atoms with Crippen molar-refractivity contribution in [1.82, 2.24) is 15.1 Å². The smallest absolute Gasteiger partial charge is 0.306 e. The molecule has 0 amide bonds. The first-order valence-electron chi connectivity index (χ1n) is 7.08. The van der Waals surface area contributed by atoms with Gasteiger partial charge in [0.1, 0.15) is 0 Å². The molecule has 1 aromatic rings. The van der Waals surface area contributed by atoms with Crippen LogP contribution in [0.3, 0.4) is 0 Å². The molecule has 106 valence electrons. The summed E-state index contributed by atoms with van der Waals surface area (Å²) >= 11 is 0. The van der Waals surface area contributed by atoms with Gasteiger partial charge >= 0.3 is 5.97 Å². The minimum absolute atomic E-state index is 0.138. The highest BCUT2D eigenvalue weighted by Crippen LogP contribution is 2.24. The fourth-order valence-electron chi connectivity index (χ4n) is 2.70. The maximum Gasteiger partial charge on any atom is 0.306 e. The van der Waals surface area contributed by atoms with Crippen LogP contribution in [0.2, 0.25) is 0 Å². The zero-order valence-corrected chi connectivity index (χ0v) is 11.7. The Kier molecular flexibility index (Phi) is 4.58. The number of carboxylic acids is 1. The van der Waals surface area contributed by atoms with Crippen LogP contribution in [-0.2, 0) is 24.8 Å². The second-order valence-corrected chi connectivity index (χ2v) is 5.37. The lowest BCUT2D eigenvalue weighted by molar-refractivity contribution is -0.142. The number of hydrogen-bond donors (Lipinski definition) is 2. The van der Waals surface area contributed by atoms with Crippen molar-refractivity contribution in [3.05, 3.63) is 17.5 Å². The first-order chi connectivity index (χ1) is 9.10. The van der Waals surface area contributed by atoms with Crippen LogP contribution in [0.4, 0.5) is 0 Å². The molecular weight excluding hydrogens is 242 g/mol. The normalized spacial score (nSPS) is 23.5. The number of aromatic nitrogens is 2. The van der Waals surface area contributed by atoms with Crippen LogP contribution < -0.4 is 5.32 Å². The first-order valence-corrected chi connectivity index (χ1v) is 7.08. The van der Waals surface area contributed by atoms with Gasteiger partial charge in [-0.3, -0.25) is 9.48 Å². The third-order valence-electron chi connectivity index (χ3n) is 4.04. The Morgan fingerprint density at radius 1 is 1.47 bits per heavy atom. The molecule has 2 rings (SSSR count). The molecule has 0 atom stereocenters. The highest BCUT2D eigenvalue weighted by molar-refractivity contribution is 5.70. The molecule has 19 heavy (non-hydrogen) atoms. The van der Waals surface area contributed by atoms with Crippen LogP contribution in [0.15, 0.2) is 6.07 Å². The fraction of sp³-hybridized carbons (Fsp3) is 0.714. The zero-order chi connectivity index (χ0) is 13.8. The van der Waals surface area contributed by atoms with Crippen LogP contribution in [0.5, 0.6) is 0 Å². The van der Waals surface area contributed by atoms with Gasteiger partial charge in [0, 0.05) is 19.6 Å². The zero-order valence-electron chi connectivity index (χ0n) is 11.7. The lowest BCUT2D eigenvalue weighted by Gasteiger charge is -2.26. The topological polar surface area (TPSA) is 67.2 Å². The third kappa shape index (κ3) is 3.56. The van der Waals surface area contributed by atoms with Crippen molar-refractivity contribution in [1.29, 1.82) is 0 Å². The van der Waals surface area contributed by atoms with Crippen molar-refractivity contribution < 1.29 is 9.90 Å². The number of hydrogen-bond acceptors (Lipinski definition) is 3. The van der Waals surface area contributed by atoms with Gasteiger partial charge < -0.3 is 10.4 Å². The van der Waals surface area contributed by atoms with E-state index in [0.717, 1.165) is 44.3 Å². The number of rotatable bonds is 5. The Morgan fingerprint density at radius 3 is 2.68 bits per heavy atom. The molecule has 0 saturated heterocycles. The van der Waals surface area contributed by atoms with Gasteiger partial charge in [0.25, 0.3) is 0 Å². The van der Waals surface area contributed by atoms with Gasteiger partial charge in [-0.25, -0.2) is 0 Å². The molecule has 1 saturated carbocycles. The summed E-state index contributed by atoms with van der Waals surface area (Å²) in [5, 5.41) is 16.9. The number of aliphatic carboxylic acids is 1. The average molecular weight is 265 g/mol. The molecule has 1 fully saturated rings. The van der Waals surface area contributed by atoms with Crippen LogP contribution in [0.1, 0.15) is 44.0 Å². The Bertz CT molecular complexity index is 434. The van der Waals surface area contributed by atoms with Crippen molar-refractivity contribution in [2.75, 3.05) is 0 Å². The summed E-state index contributed by atoms with van der Waals surface area (Å²) in [6.07, 6.45) is 4.44. The average Bonchev–Trinajstić information content (AvgIpc) is 2.77. The van der Waals surface area contributed by atoms with Crippen molar-refractivity contribution in [2.24, 2.45) is 13.0 Å². The van der Waals surface area contributed by atoms with E-state index in [-0.39, 0.29) is 5.92 Å². The molecule has 5 heteroatoms. The molecule has 0 aliphatic heterocycles. The summed E-state index contributed by atoms with van der Waals surface area (Å²) in [6.45, 7) is 2.92. The predicted molar refractivity (Wildman–Crippen MR) is 72.8 cm³/mol. The first kappa shape index (κ1) is 14.1. The Labute approximate surface area is 114 Å². The summed E-state index contributed by atoms with van der Waals surface area (Å²) in [7, 11) is 1.97. The minimum Gasteiger partial charge on any atom is -0.481 e. The summed E-state index contributed by atoms with van der Waals surface area (Å²) in [5.41, 5.74) is 2.31. The molecular formula is C14H23N3O2. The Hall–Kier alpha value is -1.36. The number of nitrogens with one attached hydrogen (secondary N) is 1. The maximum atomic E-state index is 10.9. The molecule has 2 N–H and O–H groups in total. The number of carboxylic acid groups (broad SMARTS) is 1. The molecule has 1 aliphatic carbocycles. The van der Waals surface area contributed by atoms with E-state index >= 15 is 0 Å². The molecule has 0 unspecified atom stereocenters. The molecule has 1 aliphatic rings. The Morgan fingerprint density at radius 2 is 2.16 bits per heavy atom. The van der Waals surface area contributed by atoms with Crippen molar-refractivity contribution in [2.45, 2.75) is 51.6 Å². The molecule has 0 aromatic carbocycles. The van der Waals surface area contributed by atoms with Crippen LogP contribution in [-0.4, -0.2) is 26.9 Å². The van der Waals surface area contributed by atoms with Crippen LogP contribution in [0.25, 0.3) is 0 Å².